The number of fused-ring (bicyclic) bond motifs is 1. The number of nitrogens with one attached hydrogen (secondary N) is 2. The van der Waals surface area contributed by atoms with Gasteiger partial charge in [-0.3, -0.25) is 5.10 Å². The largest absolute Gasteiger partial charge is 0.382 e. The van der Waals surface area contributed by atoms with Gasteiger partial charge in [-0.05, 0) is 59.5 Å². The summed E-state index contributed by atoms with van der Waals surface area (Å²) in [7, 11) is 0. The first-order valence-electron chi connectivity index (χ1n) is 8.37. The third-order valence-corrected chi connectivity index (χ3v) is 4.53. The number of hydrogen-bond acceptors (Lipinski definition) is 4. The average Bonchev–Trinajstić information content (AvgIpc) is 3.03. The lowest BCUT2D eigenvalue weighted by molar-refractivity contribution is 1.01. The van der Waals surface area contributed by atoms with E-state index in [-0.39, 0.29) is 0 Å². The lowest BCUT2D eigenvalue weighted by Crippen LogP contribution is -2.06. The third kappa shape index (κ3) is 3.48. The second kappa shape index (κ2) is 7.06. The molecule has 26 heavy (non-hydrogen) atoms. The molecule has 0 aliphatic heterocycles. The van der Waals surface area contributed by atoms with Crippen LogP contribution in [0.4, 0.5) is 11.6 Å². The quantitative estimate of drug-likeness (QED) is 0.487. The van der Waals surface area contributed by atoms with Crippen LogP contribution < -0.4 is 11.1 Å². The fourth-order valence-corrected chi connectivity index (χ4v) is 3.16. The Morgan fingerprint density at radius 1 is 1.04 bits per heavy atom. The van der Waals surface area contributed by atoms with Crippen molar-refractivity contribution in [3.05, 3.63) is 71.4 Å². The second-order valence-corrected chi connectivity index (χ2v) is 6.54. The molecule has 0 aliphatic rings. The van der Waals surface area contributed by atoms with Gasteiger partial charge in [-0.15, -0.1) is 0 Å². The molecule has 2 aromatic carbocycles. The topological polar surface area (TPSA) is 79.6 Å². The van der Waals surface area contributed by atoms with E-state index in [1.807, 2.05) is 48.5 Å². The molecular formula is C20H18ClN5. The smallest absolute Gasteiger partial charge is 0.153 e. The van der Waals surface area contributed by atoms with Gasteiger partial charge >= 0.3 is 0 Å². The highest BCUT2D eigenvalue weighted by atomic mass is 35.5. The number of nitrogens with zero attached hydrogens (tertiary/aromatic N) is 2. The molecule has 130 valence electrons. The molecule has 0 spiro atoms. The Labute approximate surface area is 156 Å². The van der Waals surface area contributed by atoms with Gasteiger partial charge in [0.25, 0.3) is 0 Å². The van der Waals surface area contributed by atoms with Crippen LogP contribution in [0.2, 0.25) is 5.02 Å². The molecule has 2 heterocycles. The Morgan fingerprint density at radius 2 is 1.92 bits per heavy atom. The van der Waals surface area contributed by atoms with Crippen LogP contribution in [0.5, 0.6) is 0 Å². The van der Waals surface area contributed by atoms with Gasteiger partial charge in [-0.25, -0.2) is 4.98 Å². The van der Waals surface area contributed by atoms with E-state index < -0.39 is 0 Å². The lowest BCUT2D eigenvalue weighted by atomic mass is 10.0. The van der Waals surface area contributed by atoms with Crippen LogP contribution in [-0.4, -0.2) is 21.7 Å². The van der Waals surface area contributed by atoms with Crippen molar-refractivity contribution in [1.29, 1.82) is 0 Å². The zero-order valence-electron chi connectivity index (χ0n) is 14.0. The number of hydrogen-bond donors (Lipinski definition) is 3. The molecule has 5 nitrogen and oxygen atoms in total. The minimum Gasteiger partial charge on any atom is -0.382 e. The van der Waals surface area contributed by atoms with Gasteiger partial charge in [0.05, 0.1) is 5.52 Å². The van der Waals surface area contributed by atoms with Gasteiger partial charge in [0.1, 0.15) is 5.82 Å². The van der Waals surface area contributed by atoms with E-state index in [9.17, 15) is 0 Å². The lowest BCUT2D eigenvalue weighted by Gasteiger charge is -2.08. The summed E-state index contributed by atoms with van der Waals surface area (Å²) in [6.45, 7) is 0.782. The Bertz CT molecular complexity index is 1060. The minimum absolute atomic E-state index is 0.510. The summed E-state index contributed by atoms with van der Waals surface area (Å²) in [6, 6.07) is 18.0. The zero-order chi connectivity index (χ0) is 17.9. The van der Waals surface area contributed by atoms with E-state index in [1.54, 1.807) is 6.20 Å². The minimum atomic E-state index is 0.510. The van der Waals surface area contributed by atoms with E-state index in [0.29, 0.717) is 5.82 Å². The van der Waals surface area contributed by atoms with Crippen LogP contribution >= 0.6 is 11.6 Å². The van der Waals surface area contributed by atoms with Crippen LogP contribution in [0.3, 0.4) is 0 Å². The van der Waals surface area contributed by atoms with Crippen LogP contribution in [-0.2, 0) is 6.42 Å². The van der Waals surface area contributed by atoms with Crippen molar-refractivity contribution in [2.24, 2.45) is 0 Å². The highest BCUT2D eigenvalue weighted by Gasteiger charge is 2.06. The van der Waals surface area contributed by atoms with Crippen molar-refractivity contribution in [1.82, 2.24) is 15.2 Å². The Kier molecular flexibility index (Phi) is 4.46. The number of aromatic nitrogens is 3. The van der Waals surface area contributed by atoms with Gasteiger partial charge < -0.3 is 11.1 Å². The SMILES string of the molecule is Nc1n[nH]c2ccc(-c3ccnc(NCCc4cccc(Cl)c4)c3)cc12. The van der Waals surface area contributed by atoms with E-state index in [4.69, 9.17) is 17.3 Å². The molecule has 4 aromatic rings. The Hall–Kier alpha value is -3.05. The van der Waals surface area contributed by atoms with Gasteiger partial charge in [0.15, 0.2) is 5.82 Å². The van der Waals surface area contributed by atoms with Crippen LogP contribution in [0.25, 0.3) is 22.0 Å². The van der Waals surface area contributed by atoms with Crippen molar-refractivity contribution < 1.29 is 0 Å². The van der Waals surface area contributed by atoms with Crippen molar-refractivity contribution in [3.8, 4) is 11.1 Å². The maximum atomic E-state index is 6.03. The number of H-pyrrole nitrogens is 1. The molecule has 0 aliphatic carbocycles. The molecule has 0 amide bonds. The second-order valence-electron chi connectivity index (χ2n) is 6.11. The molecule has 0 atom stereocenters. The van der Waals surface area contributed by atoms with Gasteiger partial charge in [-0.1, -0.05) is 29.8 Å². The predicted molar refractivity (Wildman–Crippen MR) is 107 cm³/mol. The highest BCUT2D eigenvalue weighted by Crippen LogP contribution is 2.27. The number of nitrogens with two attached hydrogens (primary N) is 1. The first kappa shape index (κ1) is 16.4. The number of benzene rings is 2. The number of pyridine rings is 1. The summed E-state index contributed by atoms with van der Waals surface area (Å²) < 4.78 is 0. The fourth-order valence-electron chi connectivity index (χ4n) is 2.95. The summed E-state index contributed by atoms with van der Waals surface area (Å²) in [5.74, 6) is 1.35. The number of rotatable bonds is 5. The summed E-state index contributed by atoms with van der Waals surface area (Å²) in [4.78, 5) is 4.40. The van der Waals surface area contributed by atoms with Crippen molar-refractivity contribution in [2.45, 2.75) is 6.42 Å². The highest BCUT2D eigenvalue weighted by molar-refractivity contribution is 6.30. The Balaban J connectivity index is 1.49. The molecule has 0 unspecified atom stereocenters. The first-order chi connectivity index (χ1) is 12.7. The number of aromatic amines is 1. The van der Waals surface area contributed by atoms with Gasteiger partial charge in [0, 0.05) is 23.2 Å². The fraction of sp³-hybridized carbons (Fsp3) is 0.100. The molecule has 4 rings (SSSR count). The zero-order valence-corrected chi connectivity index (χ0v) is 14.8. The van der Waals surface area contributed by atoms with Crippen LogP contribution in [0.15, 0.2) is 60.8 Å². The monoisotopic (exact) mass is 363 g/mol. The summed E-state index contributed by atoms with van der Waals surface area (Å²) in [6.07, 6.45) is 2.68. The summed E-state index contributed by atoms with van der Waals surface area (Å²) >= 11 is 6.03. The van der Waals surface area contributed by atoms with Crippen LogP contribution in [0, 0.1) is 0 Å². The van der Waals surface area contributed by atoms with Gasteiger partial charge in [0.2, 0.25) is 0 Å². The number of nitrogen functional groups attached to an aromatic ring is 1. The van der Waals surface area contributed by atoms with Crippen LogP contribution in [0.1, 0.15) is 5.56 Å². The molecule has 0 saturated heterocycles. The van der Waals surface area contributed by atoms with E-state index in [1.165, 1.54) is 5.56 Å². The summed E-state index contributed by atoms with van der Waals surface area (Å²) in [5.41, 5.74) is 10.2. The number of halogens is 1. The molecule has 2 aromatic heterocycles. The maximum Gasteiger partial charge on any atom is 0.153 e. The molecule has 0 radical (unpaired) electrons. The molecular weight excluding hydrogens is 346 g/mol. The standard InChI is InChI=1S/C20H18ClN5/c21-16-3-1-2-13(10-16)6-8-23-19-12-15(7-9-24-19)14-4-5-18-17(11-14)20(22)26-25-18/h1-5,7,9-12H,6,8H2,(H,23,24)(H3,22,25,26). The molecule has 4 N–H and O–H groups in total. The van der Waals surface area contributed by atoms with Gasteiger partial charge in [-0.2, -0.15) is 5.10 Å². The first-order valence-corrected chi connectivity index (χ1v) is 8.75. The average molecular weight is 364 g/mol. The van der Waals surface area contributed by atoms with E-state index in [2.05, 4.69) is 26.6 Å². The van der Waals surface area contributed by atoms with E-state index >= 15 is 0 Å². The van der Waals surface area contributed by atoms with Crippen molar-refractivity contribution in [2.75, 3.05) is 17.6 Å². The molecule has 0 saturated carbocycles. The molecule has 6 heteroatoms. The van der Waals surface area contributed by atoms with Crippen molar-refractivity contribution in [3.63, 3.8) is 0 Å². The molecule has 0 bridgehead atoms. The molecule has 0 fully saturated rings. The third-order valence-electron chi connectivity index (χ3n) is 4.29. The maximum absolute atomic E-state index is 6.03. The Morgan fingerprint density at radius 3 is 2.81 bits per heavy atom. The normalized spacial score (nSPS) is 11.0. The van der Waals surface area contributed by atoms with Crippen molar-refractivity contribution >= 4 is 34.1 Å². The summed E-state index contributed by atoms with van der Waals surface area (Å²) in [5, 5.41) is 12.0. The number of anilines is 2. The predicted octanol–water partition coefficient (Wildman–Crippen LogP) is 4.52. The van der Waals surface area contributed by atoms with E-state index in [0.717, 1.165) is 45.8 Å².